The molecule has 1 saturated heterocycles. The molecule has 2 rings (SSSR count). The zero-order chi connectivity index (χ0) is 13.0. The van der Waals surface area contributed by atoms with Crippen molar-refractivity contribution < 1.29 is 14.4 Å². The van der Waals surface area contributed by atoms with Crippen molar-refractivity contribution in [3.63, 3.8) is 0 Å². The van der Waals surface area contributed by atoms with Gasteiger partial charge in [0.25, 0.3) is 0 Å². The van der Waals surface area contributed by atoms with E-state index in [0.717, 1.165) is 10.5 Å². The Kier molecular flexibility index (Phi) is 3.87. The Morgan fingerprint density at radius 1 is 1.06 bits per heavy atom. The number of ketones is 1. The van der Waals surface area contributed by atoms with Gasteiger partial charge < -0.3 is 0 Å². The number of imide groups is 1. The molecular formula is C14H15NO3. The predicted octanol–water partition coefficient (Wildman–Crippen LogP) is 1.34. The number of piperidine rings is 1. The normalized spacial score (nSPS) is 15.9. The molecule has 1 aliphatic rings. The van der Waals surface area contributed by atoms with Crippen molar-refractivity contribution in [3.8, 4) is 0 Å². The highest BCUT2D eigenvalue weighted by Gasteiger charge is 2.27. The van der Waals surface area contributed by atoms with E-state index in [1.54, 1.807) is 0 Å². The van der Waals surface area contributed by atoms with Gasteiger partial charge in [-0.1, -0.05) is 30.3 Å². The Balaban J connectivity index is 1.94. The van der Waals surface area contributed by atoms with Crippen LogP contribution in [0.15, 0.2) is 30.3 Å². The molecular weight excluding hydrogens is 230 g/mol. The molecule has 0 atom stereocenters. The molecule has 0 N–H and O–H groups in total. The first-order valence-electron chi connectivity index (χ1n) is 6.05. The molecule has 1 aromatic rings. The quantitative estimate of drug-likeness (QED) is 0.752. The Bertz CT molecular complexity index is 451. The minimum atomic E-state index is -0.229. The third-order valence-electron chi connectivity index (χ3n) is 2.96. The van der Waals surface area contributed by atoms with Gasteiger partial charge in [-0.25, -0.2) is 0 Å². The number of Topliss-reactive ketones (excluding diaryl/α,β-unsaturated/α-hetero) is 1. The highest BCUT2D eigenvalue weighted by atomic mass is 16.2. The van der Waals surface area contributed by atoms with E-state index in [4.69, 9.17) is 0 Å². The maximum Gasteiger partial charge on any atom is 0.229 e. The number of likely N-dealkylation sites (tertiary alicyclic amines) is 1. The molecule has 1 heterocycles. The van der Waals surface area contributed by atoms with Crippen LogP contribution in [0.2, 0.25) is 0 Å². The summed E-state index contributed by atoms with van der Waals surface area (Å²) in [6.45, 7) is -0.0907. The van der Waals surface area contributed by atoms with Gasteiger partial charge in [-0.3, -0.25) is 19.3 Å². The molecule has 1 aromatic carbocycles. The van der Waals surface area contributed by atoms with Crippen molar-refractivity contribution in [1.29, 1.82) is 0 Å². The van der Waals surface area contributed by atoms with Crippen molar-refractivity contribution in [2.45, 2.75) is 25.7 Å². The number of hydrogen-bond donors (Lipinski definition) is 0. The number of carbonyl (C=O) groups excluding carboxylic acids is 3. The van der Waals surface area contributed by atoms with Crippen LogP contribution < -0.4 is 0 Å². The SMILES string of the molecule is O=C(Cc1ccccc1)CN1C(=O)CCCC1=O. The molecule has 2 amide bonds. The van der Waals surface area contributed by atoms with Crippen molar-refractivity contribution in [2.24, 2.45) is 0 Å². The molecule has 4 heteroatoms. The van der Waals surface area contributed by atoms with Crippen LogP contribution in [0.5, 0.6) is 0 Å². The smallest absolute Gasteiger partial charge is 0.229 e. The summed E-state index contributed by atoms with van der Waals surface area (Å²) in [5, 5.41) is 0. The zero-order valence-electron chi connectivity index (χ0n) is 10.1. The Labute approximate surface area is 106 Å². The van der Waals surface area contributed by atoms with Crippen molar-refractivity contribution in [2.75, 3.05) is 6.54 Å². The molecule has 94 valence electrons. The summed E-state index contributed by atoms with van der Waals surface area (Å²) in [6.07, 6.45) is 1.59. The molecule has 0 saturated carbocycles. The van der Waals surface area contributed by atoms with Gasteiger partial charge in [0.15, 0.2) is 5.78 Å². The van der Waals surface area contributed by atoms with Crippen LogP contribution in [0.25, 0.3) is 0 Å². The van der Waals surface area contributed by atoms with Crippen LogP contribution in [0.1, 0.15) is 24.8 Å². The maximum absolute atomic E-state index is 11.8. The molecule has 4 nitrogen and oxygen atoms in total. The first kappa shape index (κ1) is 12.5. The lowest BCUT2D eigenvalue weighted by Crippen LogP contribution is -2.43. The summed E-state index contributed by atoms with van der Waals surface area (Å²) >= 11 is 0. The number of nitrogens with zero attached hydrogens (tertiary/aromatic N) is 1. The summed E-state index contributed by atoms with van der Waals surface area (Å²) < 4.78 is 0. The second-order valence-corrected chi connectivity index (χ2v) is 4.43. The van der Waals surface area contributed by atoms with E-state index in [2.05, 4.69) is 0 Å². The Hall–Kier alpha value is -1.97. The number of amides is 2. The first-order chi connectivity index (χ1) is 8.66. The maximum atomic E-state index is 11.8. The van der Waals surface area contributed by atoms with Crippen LogP contribution in [-0.2, 0) is 20.8 Å². The van der Waals surface area contributed by atoms with E-state index in [1.807, 2.05) is 30.3 Å². The van der Waals surface area contributed by atoms with E-state index >= 15 is 0 Å². The average molecular weight is 245 g/mol. The first-order valence-corrected chi connectivity index (χ1v) is 6.05. The number of benzene rings is 1. The average Bonchev–Trinajstić information content (AvgIpc) is 2.35. The van der Waals surface area contributed by atoms with Crippen LogP contribution >= 0.6 is 0 Å². The van der Waals surface area contributed by atoms with Gasteiger partial charge in [0.05, 0.1) is 6.54 Å². The third kappa shape index (κ3) is 3.03. The van der Waals surface area contributed by atoms with E-state index in [1.165, 1.54) is 0 Å². The molecule has 0 unspecified atom stereocenters. The van der Waals surface area contributed by atoms with E-state index in [-0.39, 0.29) is 30.6 Å². The van der Waals surface area contributed by atoms with E-state index in [0.29, 0.717) is 19.3 Å². The minimum Gasteiger partial charge on any atom is -0.297 e. The summed E-state index contributed by atoms with van der Waals surface area (Å²) in [4.78, 5) is 36.0. The standard InChI is InChI=1S/C14H15NO3/c16-12(9-11-5-2-1-3-6-11)10-15-13(17)7-4-8-14(15)18/h1-3,5-6H,4,7-10H2. The largest absolute Gasteiger partial charge is 0.297 e. The Morgan fingerprint density at radius 3 is 2.28 bits per heavy atom. The molecule has 0 bridgehead atoms. The fourth-order valence-corrected chi connectivity index (χ4v) is 2.03. The fourth-order valence-electron chi connectivity index (χ4n) is 2.03. The molecule has 0 spiro atoms. The van der Waals surface area contributed by atoms with Gasteiger partial charge in [-0.15, -0.1) is 0 Å². The van der Waals surface area contributed by atoms with Crippen LogP contribution in [-0.4, -0.2) is 29.0 Å². The second kappa shape index (κ2) is 5.58. The predicted molar refractivity (Wildman–Crippen MR) is 65.7 cm³/mol. The molecule has 1 fully saturated rings. The van der Waals surface area contributed by atoms with Crippen LogP contribution in [0.4, 0.5) is 0 Å². The fraction of sp³-hybridized carbons (Fsp3) is 0.357. The highest BCUT2D eigenvalue weighted by Crippen LogP contribution is 2.12. The monoisotopic (exact) mass is 245 g/mol. The second-order valence-electron chi connectivity index (χ2n) is 4.43. The van der Waals surface area contributed by atoms with Crippen LogP contribution in [0, 0.1) is 0 Å². The van der Waals surface area contributed by atoms with Gasteiger partial charge >= 0.3 is 0 Å². The lowest BCUT2D eigenvalue weighted by molar-refractivity contribution is -0.150. The molecule has 0 aromatic heterocycles. The third-order valence-corrected chi connectivity index (χ3v) is 2.96. The Morgan fingerprint density at radius 2 is 1.67 bits per heavy atom. The minimum absolute atomic E-state index is 0.0907. The van der Waals surface area contributed by atoms with E-state index < -0.39 is 0 Å². The lowest BCUT2D eigenvalue weighted by Gasteiger charge is -2.24. The molecule has 1 aliphatic heterocycles. The van der Waals surface area contributed by atoms with Crippen molar-refractivity contribution >= 4 is 17.6 Å². The van der Waals surface area contributed by atoms with E-state index in [9.17, 15) is 14.4 Å². The number of carbonyl (C=O) groups is 3. The van der Waals surface area contributed by atoms with Crippen LogP contribution in [0.3, 0.4) is 0 Å². The topological polar surface area (TPSA) is 54.5 Å². The highest BCUT2D eigenvalue weighted by molar-refractivity contribution is 6.01. The summed E-state index contributed by atoms with van der Waals surface area (Å²) in [5.41, 5.74) is 0.902. The number of rotatable bonds is 4. The number of hydrogen-bond acceptors (Lipinski definition) is 3. The van der Waals surface area contributed by atoms with Gasteiger partial charge in [0.1, 0.15) is 0 Å². The summed E-state index contributed by atoms with van der Waals surface area (Å²) in [5.74, 6) is -0.565. The summed E-state index contributed by atoms with van der Waals surface area (Å²) in [6, 6.07) is 9.32. The molecule has 0 aliphatic carbocycles. The van der Waals surface area contributed by atoms with Gasteiger partial charge in [0.2, 0.25) is 11.8 Å². The summed E-state index contributed by atoms with van der Waals surface area (Å²) in [7, 11) is 0. The van der Waals surface area contributed by atoms with Gasteiger partial charge in [-0.05, 0) is 12.0 Å². The molecule has 18 heavy (non-hydrogen) atoms. The van der Waals surface area contributed by atoms with Crippen molar-refractivity contribution in [3.05, 3.63) is 35.9 Å². The van der Waals surface area contributed by atoms with Crippen molar-refractivity contribution in [1.82, 2.24) is 4.90 Å². The zero-order valence-corrected chi connectivity index (χ0v) is 10.1. The van der Waals surface area contributed by atoms with Gasteiger partial charge in [-0.2, -0.15) is 0 Å². The van der Waals surface area contributed by atoms with Gasteiger partial charge in [0, 0.05) is 19.3 Å². The lowest BCUT2D eigenvalue weighted by atomic mass is 10.1. The molecule has 0 radical (unpaired) electrons.